The van der Waals surface area contributed by atoms with Crippen LogP contribution in [0.4, 0.5) is 0 Å². The number of rotatable bonds is 15. The predicted octanol–water partition coefficient (Wildman–Crippen LogP) is -15.6. The van der Waals surface area contributed by atoms with Crippen LogP contribution in [0.3, 0.4) is 0 Å². The molecule has 0 bridgehead atoms. The van der Waals surface area contributed by atoms with Crippen LogP contribution in [0.2, 0.25) is 0 Å². The number of fused-ring (bicyclic) bond motifs is 1. The maximum Gasteiger partial charge on any atom is 0.114 e. The normalized spacial score (nSPS) is 10.2. The zero-order chi connectivity index (χ0) is 34.8. The van der Waals surface area contributed by atoms with Gasteiger partial charge in [0.05, 0.1) is 39.0 Å². The Labute approximate surface area is 305 Å². The van der Waals surface area contributed by atoms with Gasteiger partial charge < -0.3 is 0 Å². The number of hydrogen-bond donors (Lipinski definition) is 0. The second-order valence-electron chi connectivity index (χ2n) is 11.5. The maximum absolute atomic E-state index is 6.97. The molecule has 0 heterocycles. The maximum atomic E-state index is 6.97. The topological polar surface area (TPSA) is 0 Å². The van der Waals surface area contributed by atoms with Gasteiger partial charge in [-0.3, -0.25) is 0 Å². The van der Waals surface area contributed by atoms with Gasteiger partial charge in [0.2, 0.25) is 0 Å². The third-order valence-corrected chi connectivity index (χ3v) is 8.42. The van der Waals surface area contributed by atoms with Gasteiger partial charge in [-0.25, -0.2) is 0 Å². The molecule has 0 unspecified atom stereocenters. The summed E-state index contributed by atoms with van der Waals surface area (Å²) in [5, 5.41) is 0.618. The molecule has 0 fully saturated rings. The Kier molecular flexibility index (Phi) is 16.6. The molecule has 0 aromatic heterocycles. The fourth-order valence-corrected chi connectivity index (χ4v) is 6.35. The van der Waals surface area contributed by atoms with E-state index in [1.807, 2.05) is 0 Å². The summed E-state index contributed by atoms with van der Waals surface area (Å²) in [4.78, 5) is 0. The summed E-state index contributed by atoms with van der Waals surface area (Å²) >= 11 is 0. The molecule has 0 N–H and O–H groups in total. The SMILES string of the molecule is [B][B]B([B])B(B([B])[B])c1c(B(B([B])[B])B([B])[B])c(B([B][B])B([B])[B])c(B([B])B([B])[B])c2c(B([B])[B][B])c(B([B])[B])c(C)c([B])c12. The zero-order valence-electron chi connectivity index (χ0n) is 25.6. The molecular weight excluding hydrogens is 500 g/mol. The Balaban J connectivity index is 3.86. The van der Waals surface area contributed by atoms with Gasteiger partial charge in [0, 0.05) is 199 Å². The van der Waals surface area contributed by atoms with E-state index < -0.39 is 77.3 Å². The molecule has 0 spiro atoms. The van der Waals surface area contributed by atoms with E-state index >= 15 is 0 Å². The first kappa shape index (κ1) is 42.1. The lowest BCUT2D eigenvalue weighted by atomic mass is 8.66. The molecule has 45 heavy (non-hydrogen) atoms. The molecule has 0 nitrogen and oxygen atoms in total. The average Bonchev–Trinajstić information content (AvgIpc) is 2.94. The van der Waals surface area contributed by atoms with Gasteiger partial charge in [0.1, 0.15) is 7.85 Å². The molecule has 2 aromatic rings. The van der Waals surface area contributed by atoms with E-state index in [1.54, 1.807) is 6.92 Å². The van der Waals surface area contributed by atoms with Crippen molar-refractivity contribution in [3.8, 4) is 0 Å². The van der Waals surface area contributed by atoms with Gasteiger partial charge >= 0.3 is 0 Å². The van der Waals surface area contributed by atoms with Gasteiger partial charge in [-0.05, 0) is 17.7 Å². The van der Waals surface area contributed by atoms with Gasteiger partial charge in [-0.2, -0.15) is 0 Å². The molecule has 34 heteroatoms. The second-order valence-corrected chi connectivity index (χ2v) is 11.5. The molecule has 0 aliphatic carbocycles. The summed E-state index contributed by atoms with van der Waals surface area (Å²) in [5.74, 6) is 0. The Bertz CT molecular complexity index is 1280. The Morgan fingerprint density at radius 1 is 0.467 bits per heavy atom. The number of benzene rings is 2. The van der Waals surface area contributed by atoms with E-state index in [-0.39, 0.29) is 21.9 Å². The molecule has 0 amide bonds. The van der Waals surface area contributed by atoms with E-state index in [2.05, 4.69) is 0 Å². The molecule has 149 valence electrons. The largest absolute Gasteiger partial charge is 0.114 e. The minimum absolute atomic E-state index is 0.172. The molecule has 0 saturated carbocycles. The minimum atomic E-state index is -1.20. The van der Waals surface area contributed by atoms with Crippen molar-refractivity contribution in [2.75, 3.05) is 0 Å². The van der Waals surface area contributed by atoms with Crippen molar-refractivity contribution in [2.24, 2.45) is 0 Å². The third kappa shape index (κ3) is 8.45. The zero-order valence-corrected chi connectivity index (χ0v) is 25.6. The lowest BCUT2D eigenvalue weighted by Gasteiger charge is -2.42. The highest BCUT2D eigenvalue weighted by Crippen LogP contribution is 2.13. The van der Waals surface area contributed by atoms with Crippen molar-refractivity contribution in [2.45, 2.75) is 6.92 Å². The van der Waals surface area contributed by atoms with Crippen LogP contribution in [0.1, 0.15) is 5.56 Å². The summed E-state index contributed by atoms with van der Waals surface area (Å²) < 4.78 is 0. The lowest BCUT2D eigenvalue weighted by Crippen LogP contribution is -2.80. The van der Waals surface area contributed by atoms with Crippen molar-refractivity contribution >= 4 is 295 Å². The van der Waals surface area contributed by atoms with Crippen LogP contribution < -0.4 is 38.2 Å². The van der Waals surface area contributed by atoms with Crippen LogP contribution in [0, 0.1) is 6.92 Å². The van der Waals surface area contributed by atoms with Crippen molar-refractivity contribution in [3.63, 3.8) is 0 Å². The van der Waals surface area contributed by atoms with Crippen LogP contribution in [-0.4, -0.2) is 246 Å². The summed E-state index contributed by atoms with van der Waals surface area (Å²) in [6.07, 6.45) is -6.90. The minimum Gasteiger partial charge on any atom is -0.113 e. The molecule has 0 atom stereocenters. The average molecular weight is 503 g/mol. The van der Waals surface area contributed by atoms with Gasteiger partial charge in [-0.1, -0.05) is 27.4 Å². The summed E-state index contributed by atoms with van der Waals surface area (Å²) in [6.45, 7) is -4.63. The molecule has 0 aliphatic rings. The molecule has 2 rings (SSSR count). The van der Waals surface area contributed by atoms with E-state index in [0.29, 0.717) is 32.7 Å². The molecule has 41 radical (unpaired) electrons. The Morgan fingerprint density at radius 2 is 0.978 bits per heavy atom. The predicted molar refractivity (Wildman–Crippen MR) is 242 cm³/mol. The van der Waals surface area contributed by atoms with Crippen molar-refractivity contribution < 1.29 is 0 Å². The third-order valence-electron chi connectivity index (χ3n) is 8.42. The van der Waals surface area contributed by atoms with E-state index in [0.717, 1.165) is 0 Å². The fourth-order valence-electron chi connectivity index (χ4n) is 6.35. The van der Waals surface area contributed by atoms with Crippen molar-refractivity contribution in [3.05, 3.63) is 5.56 Å². The smallest absolute Gasteiger partial charge is 0.113 e. The lowest BCUT2D eigenvalue weighted by molar-refractivity contribution is 1.60. The van der Waals surface area contributed by atoms with Gasteiger partial charge in [0.15, 0.2) is 0 Å². The summed E-state index contributed by atoms with van der Waals surface area (Å²) in [6, 6.07) is 0. The standard InChI is InChI=1S/C11H3B34/c1-2-5(12)3-4(7(35(18)31-13)6(2)34(16)17)8(36(19)40(20)21)10(37(32-14)41(22)23)11(38(42(24)25)43(26)27)9(3)39(44(28)29)45(30)33-15/h1H3. The molecule has 0 saturated heterocycles. The van der Waals surface area contributed by atoms with Gasteiger partial charge in [-0.15, -0.1) is 16.4 Å². The van der Waals surface area contributed by atoms with Crippen molar-refractivity contribution in [1.29, 1.82) is 0 Å². The van der Waals surface area contributed by atoms with Crippen LogP contribution >= 0.6 is 0 Å². The number of hydrogen-bond acceptors (Lipinski definition) is 0. The van der Waals surface area contributed by atoms with Gasteiger partial charge in [0.25, 0.3) is 0 Å². The van der Waals surface area contributed by atoms with Crippen molar-refractivity contribution in [1.82, 2.24) is 0 Å². The Hall–Kier alpha value is 0.908. The first-order chi connectivity index (χ1) is 20.8. The molecule has 0 aliphatic heterocycles. The molecular formula is C11H3B34. The summed E-state index contributed by atoms with van der Waals surface area (Å²) in [5.41, 5.74) is 2.47. The van der Waals surface area contributed by atoms with E-state index in [4.69, 9.17) is 147 Å². The highest BCUT2D eigenvalue weighted by Gasteiger charge is 2.41. The van der Waals surface area contributed by atoms with E-state index in [1.165, 1.54) is 21.2 Å². The summed E-state index contributed by atoms with van der Waals surface area (Å²) in [7, 11) is 125. The first-order valence-electron chi connectivity index (χ1n) is 14.3. The highest BCUT2D eigenvalue weighted by molar-refractivity contribution is 7.89. The first-order valence-corrected chi connectivity index (χ1v) is 14.3. The van der Waals surface area contributed by atoms with E-state index in [9.17, 15) is 0 Å². The molecule has 2 aromatic carbocycles. The Morgan fingerprint density at radius 3 is 1.33 bits per heavy atom. The van der Waals surface area contributed by atoms with Crippen LogP contribution in [0.15, 0.2) is 0 Å². The van der Waals surface area contributed by atoms with Crippen LogP contribution in [0.25, 0.3) is 10.8 Å². The van der Waals surface area contributed by atoms with Crippen LogP contribution in [-0.2, 0) is 0 Å². The highest BCUT2D eigenvalue weighted by atomic mass is 14.1. The fraction of sp³-hybridized carbons (Fsp3) is 0.0909. The van der Waals surface area contributed by atoms with Crippen LogP contribution in [0.5, 0.6) is 0 Å². The quantitative estimate of drug-likeness (QED) is 0.212. The second kappa shape index (κ2) is 17.7. The monoisotopic (exact) mass is 509 g/mol.